The first-order valence-corrected chi connectivity index (χ1v) is 13.2. The molecule has 2 nitrogen and oxygen atoms in total. The Morgan fingerprint density at radius 3 is 2.46 bits per heavy atom. The molecule has 174 valence electrons. The van der Waals surface area contributed by atoms with Crippen LogP contribution in [0.2, 0.25) is 5.02 Å². The first kappa shape index (κ1) is 22.5. The number of hydrogen-bond acceptors (Lipinski definition) is 3. The highest BCUT2D eigenvalue weighted by Gasteiger charge is 2.41. The van der Waals surface area contributed by atoms with Crippen LogP contribution in [0.25, 0.3) is 16.3 Å². The van der Waals surface area contributed by atoms with Crippen LogP contribution in [0.1, 0.15) is 43.9 Å². The van der Waals surface area contributed by atoms with Crippen LogP contribution in [0.5, 0.6) is 0 Å². The topological polar surface area (TPSA) is 29.1 Å². The summed E-state index contributed by atoms with van der Waals surface area (Å²) in [4.78, 5) is 16.0. The van der Waals surface area contributed by atoms with E-state index in [2.05, 4.69) is 79.8 Å². The molecule has 35 heavy (non-hydrogen) atoms. The molecule has 0 amide bonds. The summed E-state index contributed by atoms with van der Waals surface area (Å²) in [6, 6.07) is 29.0. The molecule has 1 atom stereocenters. The monoisotopic (exact) mass is 495 g/mol. The van der Waals surface area contributed by atoms with Crippen molar-refractivity contribution in [1.29, 1.82) is 0 Å². The zero-order valence-corrected chi connectivity index (χ0v) is 21.3. The lowest BCUT2D eigenvalue weighted by Gasteiger charge is -2.40. The van der Waals surface area contributed by atoms with Crippen molar-refractivity contribution >= 4 is 51.2 Å². The van der Waals surface area contributed by atoms with Crippen LogP contribution >= 0.6 is 23.4 Å². The molecule has 1 aliphatic carbocycles. The quantitative estimate of drug-likeness (QED) is 0.307. The number of carbonyl (C=O) groups excluding carboxylic acids is 1. The third-order valence-corrected chi connectivity index (χ3v) is 8.36. The highest BCUT2D eigenvalue weighted by molar-refractivity contribution is 7.99. The Morgan fingerprint density at radius 1 is 0.886 bits per heavy atom. The van der Waals surface area contributed by atoms with Gasteiger partial charge >= 0.3 is 0 Å². The van der Waals surface area contributed by atoms with Gasteiger partial charge in [0.1, 0.15) is 0 Å². The summed E-state index contributed by atoms with van der Waals surface area (Å²) in [6.45, 7) is 4.42. The Hall–Kier alpha value is -3.01. The van der Waals surface area contributed by atoms with Crippen LogP contribution in [0.3, 0.4) is 0 Å². The van der Waals surface area contributed by atoms with Gasteiger partial charge in [0.05, 0.1) is 6.04 Å². The molecule has 0 fully saturated rings. The summed E-state index contributed by atoms with van der Waals surface area (Å²) in [7, 11) is 0. The maximum Gasteiger partial charge on any atom is 0.162 e. The summed E-state index contributed by atoms with van der Waals surface area (Å²) in [5.41, 5.74) is 5.49. The third-order valence-electron chi connectivity index (χ3n) is 7.01. The standard InChI is InChI=1S/C31H26ClNOS/c1-31(2)17-24-28-22-8-4-3-7-19(22)11-16-25(28)33-30(29(24)26(34)18-31)23-9-5-6-10-27(23)35-21-14-12-20(32)13-15-21/h3-16,30,33H,17-18H2,1-2H3/t30-/m0/s1. The van der Waals surface area contributed by atoms with Gasteiger partial charge in [-0.15, -0.1) is 0 Å². The minimum atomic E-state index is -0.182. The van der Waals surface area contributed by atoms with Gasteiger partial charge in [0.15, 0.2) is 5.78 Å². The number of fused-ring (bicyclic) bond motifs is 4. The molecular weight excluding hydrogens is 470 g/mol. The lowest BCUT2D eigenvalue weighted by Crippen LogP contribution is -2.33. The Labute approximate surface area is 215 Å². The van der Waals surface area contributed by atoms with Crippen LogP contribution < -0.4 is 5.32 Å². The van der Waals surface area contributed by atoms with Crippen LogP contribution in [-0.2, 0) is 4.79 Å². The first-order chi connectivity index (χ1) is 16.9. The molecule has 0 saturated heterocycles. The van der Waals surface area contributed by atoms with E-state index in [0.717, 1.165) is 38.1 Å². The smallest absolute Gasteiger partial charge is 0.162 e. The molecule has 4 heteroatoms. The van der Waals surface area contributed by atoms with Gasteiger partial charge in [0.2, 0.25) is 0 Å². The minimum absolute atomic E-state index is 0.0659. The molecule has 1 heterocycles. The average molecular weight is 496 g/mol. The second kappa shape index (κ2) is 8.58. The van der Waals surface area contributed by atoms with Crippen molar-refractivity contribution in [2.24, 2.45) is 5.41 Å². The van der Waals surface area contributed by atoms with Crippen molar-refractivity contribution < 1.29 is 4.79 Å². The average Bonchev–Trinajstić information content (AvgIpc) is 2.84. The van der Waals surface area contributed by atoms with E-state index >= 15 is 0 Å². The van der Waals surface area contributed by atoms with E-state index in [0.29, 0.717) is 6.42 Å². The SMILES string of the molecule is CC1(C)CC(=O)C2=C(C1)c1c(ccc3ccccc13)N[C@H]2c1ccccc1Sc1ccc(Cl)cc1. The lowest BCUT2D eigenvalue weighted by molar-refractivity contribution is -0.118. The van der Waals surface area contributed by atoms with Gasteiger partial charge in [-0.05, 0) is 70.1 Å². The molecule has 2 aliphatic rings. The van der Waals surface area contributed by atoms with E-state index in [1.165, 1.54) is 21.9 Å². The molecule has 1 aliphatic heterocycles. The summed E-state index contributed by atoms with van der Waals surface area (Å²) >= 11 is 7.82. The number of Topliss-reactive ketones (excluding diaryl/α,β-unsaturated/α-hetero) is 1. The van der Waals surface area contributed by atoms with Crippen molar-refractivity contribution in [3.63, 3.8) is 0 Å². The van der Waals surface area contributed by atoms with E-state index in [-0.39, 0.29) is 17.2 Å². The summed E-state index contributed by atoms with van der Waals surface area (Å²) in [5.74, 6) is 0.249. The van der Waals surface area contributed by atoms with E-state index in [1.807, 2.05) is 24.3 Å². The lowest BCUT2D eigenvalue weighted by atomic mass is 9.68. The zero-order valence-electron chi connectivity index (χ0n) is 19.8. The molecule has 0 radical (unpaired) electrons. The number of ketones is 1. The van der Waals surface area contributed by atoms with E-state index < -0.39 is 0 Å². The normalized spacial score (nSPS) is 18.7. The molecule has 1 N–H and O–H groups in total. The van der Waals surface area contributed by atoms with Crippen LogP contribution in [-0.4, -0.2) is 5.78 Å². The number of benzene rings is 4. The van der Waals surface area contributed by atoms with Crippen molar-refractivity contribution in [2.75, 3.05) is 5.32 Å². The fourth-order valence-corrected chi connectivity index (χ4v) is 6.61. The van der Waals surface area contributed by atoms with Crippen LogP contribution in [0.4, 0.5) is 5.69 Å². The largest absolute Gasteiger partial charge is 0.373 e. The number of anilines is 1. The Kier molecular flexibility index (Phi) is 5.51. The van der Waals surface area contributed by atoms with Gasteiger partial charge < -0.3 is 5.32 Å². The van der Waals surface area contributed by atoms with Crippen molar-refractivity contribution in [2.45, 2.75) is 42.5 Å². The highest BCUT2D eigenvalue weighted by Crippen LogP contribution is 2.53. The van der Waals surface area contributed by atoms with Crippen molar-refractivity contribution in [3.8, 4) is 0 Å². The fraction of sp³-hybridized carbons (Fsp3) is 0.194. The summed E-state index contributed by atoms with van der Waals surface area (Å²) in [6.07, 6.45) is 1.45. The third kappa shape index (κ3) is 4.07. The highest BCUT2D eigenvalue weighted by atomic mass is 35.5. The number of hydrogen-bond donors (Lipinski definition) is 1. The second-order valence-corrected chi connectivity index (χ2v) is 11.8. The van der Waals surface area contributed by atoms with Crippen molar-refractivity contribution in [1.82, 2.24) is 0 Å². The molecular formula is C31H26ClNOS. The molecule has 0 aromatic heterocycles. The molecule has 4 aromatic carbocycles. The van der Waals surface area contributed by atoms with E-state index in [4.69, 9.17) is 11.6 Å². The number of allylic oxidation sites excluding steroid dienone is 1. The minimum Gasteiger partial charge on any atom is -0.373 e. The van der Waals surface area contributed by atoms with Gasteiger partial charge in [-0.1, -0.05) is 85.7 Å². The van der Waals surface area contributed by atoms with Crippen LogP contribution in [0, 0.1) is 5.41 Å². The molecule has 0 unspecified atom stereocenters. The van der Waals surface area contributed by atoms with Gasteiger partial charge in [-0.25, -0.2) is 0 Å². The Bertz CT molecular complexity index is 1500. The zero-order chi connectivity index (χ0) is 24.2. The molecule has 0 saturated carbocycles. The molecule has 4 aromatic rings. The van der Waals surface area contributed by atoms with Gasteiger partial charge in [-0.2, -0.15) is 0 Å². The first-order valence-electron chi connectivity index (χ1n) is 12.0. The number of nitrogens with one attached hydrogen (secondary N) is 1. The maximum atomic E-state index is 13.8. The van der Waals surface area contributed by atoms with Crippen LogP contribution in [0.15, 0.2) is 100 Å². The predicted molar refractivity (Wildman–Crippen MR) is 147 cm³/mol. The van der Waals surface area contributed by atoms with Gasteiger partial charge in [0, 0.05) is 38.1 Å². The fourth-order valence-electron chi connectivity index (χ4n) is 5.51. The number of rotatable bonds is 3. The molecule has 6 rings (SSSR count). The van der Waals surface area contributed by atoms with E-state index in [9.17, 15) is 4.79 Å². The predicted octanol–water partition coefficient (Wildman–Crippen LogP) is 8.95. The number of carbonyl (C=O) groups is 1. The second-order valence-electron chi connectivity index (χ2n) is 10.2. The summed E-state index contributed by atoms with van der Waals surface area (Å²) in [5, 5.41) is 6.92. The molecule has 0 bridgehead atoms. The maximum absolute atomic E-state index is 13.8. The Morgan fingerprint density at radius 2 is 1.63 bits per heavy atom. The van der Waals surface area contributed by atoms with E-state index in [1.54, 1.807) is 11.8 Å². The van der Waals surface area contributed by atoms with Gasteiger partial charge in [0.25, 0.3) is 0 Å². The van der Waals surface area contributed by atoms with Gasteiger partial charge in [-0.3, -0.25) is 4.79 Å². The van der Waals surface area contributed by atoms with Crippen molar-refractivity contribution in [3.05, 3.63) is 107 Å². The summed E-state index contributed by atoms with van der Waals surface area (Å²) < 4.78 is 0. The Balaban J connectivity index is 1.54. The number of halogens is 1. The molecule has 0 spiro atoms.